The molecule has 2 heterocycles. The van der Waals surface area contributed by atoms with Crippen molar-refractivity contribution in [2.75, 3.05) is 16.8 Å². The second-order valence-electron chi connectivity index (χ2n) is 5.94. The van der Waals surface area contributed by atoms with Gasteiger partial charge in [0.05, 0.1) is 5.92 Å². The van der Waals surface area contributed by atoms with Crippen molar-refractivity contribution in [2.24, 2.45) is 5.92 Å². The van der Waals surface area contributed by atoms with Crippen LogP contribution in [-0.4, -0.2) is 33.8 Å². The van der Waals surface area contributed by atoms with Gasteiger partial charge in [0.25, 0.3) is 0 Å². The van der Waals surface area contributed by atoms with Crippen LogP contribution in [-0.2, 0) is 9.59 Å². The molecule has 132 valence electrons. The molecule has 1 aliphatic rings. The molecule has 1 N–H and O–H groups in total. The predicted molar refractivity (Wildman–Crippen MR) is 101 cm³/mol. The van der Waals surface area contributed by atoms with Gasteiger partial charge in [-0.05, 0) is 18.6 Å². The lowest BCUT2D eigenvalue weighted by atomic mass is 10.1. The number of carbonyl (C=O) groups is 2. The van der Waals surface area contributed by atoms with E-state index in [9.17, 15) is 9.59 Å². The van der Waals surface area contributed by atoms with E-state index >= 15 is 0 Å². The van der Waals surface area contributed by atoms with E-state index in [1.807, 2.05) is 30.3 Å². The van der Waals surface area contributed by atoms with Gasteiger partial charge < -0.3 is 10.2 Å². The average molecular weight is 377 g/mol. The smallest absolute Gasteiger partial charge is 0.231 e. The minimum Gasteiger partial charge on any atom is -0.312 e. The van der Waals surface area contributed by atoms with E-state index in [-0.39, 0.29) is 24.2 Å². The van der Waals surface area contributed by atoms with E-state index in [0.717, 1.165) is 16.4 Å². The van der Waals surface area contributed by atoms with Crippen molar-refractivity contribution < 1.29 is 9.59 Å². The summed E-state index contributed by atoms with van der Waals surface area (Å²) >= 11 is 3.02. The highest BCUT2D eigenvalue weighted by atomic mass is 32.2. The number of para-hydroxylation sites is 1. The quantitative estimate of drug-likeness (QED) is 0.618. The van der Waals surface area contributed by atoms with Crippen LogP contribution in [0.2, 0.25) is 0 Å². The van der Waals surface area contributed by atoms with Crippen LogP contribution >= 0.6 is 23.1 Å². The monoisotopic (exact) mass is 376 g/mol. The Morgan fingerprint density at radius 2 is 2.16 bits per heavy atom. The van der Waals surface area contributed by atoms with Crippen molar-refractivity contribution in [1.82, 2.24) is 10.2 Å². The summed E-state index contributed by atoms with van der Waals surface area (Å²) < 4.78 is 0.845. The van der Waals surface area contributed by atoms with Crippen LogP contribution in [0.1, 0.15) is 26.7 Å². The maximum absolute atomic E-state index is 12.5. The molecule has 2 amide bonds. The van der Waals surface area contributed by atoms with Gasteiger partial charge in [-0.1, -0.05) is 55.1 Å². The van der Waals surface area contributed by atoms with Crippen LogP contribution in [0.3, 0.4) is 0 Å². The number of hydrogen-bond donors (Lipinski definition) is 1. The number of amides is 2. The topological polar surface area (TPSA) is 75.2 Å². The first-order valence-electron chi connectivity index (χ1n) is 8.23. The maximum Gasteiger partial charge on any atom is 0.231 e. The van der Waals surface area contributed by atoms with Crippen molar-refractivity contribution in [2.45, 2.75) is 36.3 Å². The number of carbonyl (C=O) groups excluding carboxylic acids is 2. The summed E-state index contributed by atoms with van der Waals surface area (Å²) in [6.07, 6.45) is 1.26. The molecule has 1 aromatic heterocycles. The van der Waals surface area contributed by atoms with Gasteiger partial charge in [-0.25, -0.2) is 0 Å². The van der Waals surface area contributed by atoms with E-state index < -0.39 is 0 Å². The van der Waals surface area contributed by atoms with Crippen LogP contribution < -0.4 is 10.2 Å². The van der Waals surface area contributed by atoms with Gasteiger partial charge in [-0.2, -0.15) is 0 Å². The highest BCUT2D eigenvalue weighted by Gasteiger charge is 2.35. The standard InChI is InChI=1S/C17H20N4O2S2/c1-3-11(2)24-17-20-19-16(25-17)18-15(23)12-9-14(22)21(10-12)13-7-5-4-6-8-13/h4-8,11-12H,3,9-10H2,1-2H3,(H,18,19,23)/t11-,12+/m1/s1. The Hall–Kier alpha value is -1.93. The molecule has 1 fully saturated rings. The van der Waals surface area contributed by atoms with Gasteiger partial charge in [-0.15, -0.1) is 10.2 Å². The lowest BCUT2D eigenvalue weighted by molar-refractivity contribution is -0.122. The minimum absolute atomic E-state index is 0.0309. The Morgan fingerprint density at radius 1 is 1.40 bits per heavy atom. The number of nitrogens with one attached hydrogen (secondary N) is 1. The molecule has 0 aliphatic carbocycles. The number of thioether (sulfide) groups is 1. The fraction of sp³-hybridized carbons (Fsp3) is 0.412. The molecule has 0 unspecified atom stereocenters. The van der Waals surface area contributed by atoms with Gasteiger partial charge in [0, 0.05) is 23.9 Å². The zero-order valence-corrected chi connectivity index (χ0v) is 15.8. The molecule has 3 rings (SSSR count). The van der Waals surface area contributed by atoms with Crippen molar-refractivity contribution in [1.29, 1.82) is 0 Å². The third-order valence-corrected chi connectivity index (χ3v) is 6.27. The third-order valence-electron chi connectivity index (χ3n) is 4.08. The highest BCUT2D eigenvalue weighted by Crippen LogP contribution is 2.31. The largest absolute Gasteiger partial charge is 0.312 e. The van der Waals surface area contributed by atoms with Gasteiger partial charge in [0.15, 0.2) is 4.34 Å². The van der Waals surface area contributed by atoms with Crippen molar-refractivity contribution >= 4 is 45.7 Å². The zero-order valence-electron chi connectivity index (χ0n) is 14.1. The molecule has 2 aromatic rings. The van der Waals surface area contributed by atoms with E-state index in [1.165, 1.54) is 11.3 Å². The van der Waals surface area contributed by atoms with Crippen LogP contribution in [0.15, 0.2) is 34.7 Å². The summed E-state index contributed by atoms with van der Waals surface area (Å²) in [6, 6.07) is 9.42. The molecule has 0 radical (unpaired) electrons. The highest BCUT2D eigenvalue weighted by molar-refractivity contribution is 8.01. The van der Waals surface area contributed by atoms with Gasteiger partial charge >= 0.3 is 0 Å². The Morgan fingerprint density at radius 3 is 2.88 bits per heavy atom. The number of hydrogen-bond acceptors (Lipinski definition) is 6. The van der Waals surface area contributed by atoms with E-state index in [0.29, 0.717) is 16.9 Å². The molecule has 6 nitrogen and oxygen atoms in total. The molecule has 1 saturated heterocycles. The Balaban J connectivity index is 1.60. The van der Waals surface area contributed by atoms with Gasteiger partial charge in [0.1, 0.15) is 0 Å². The molecule has 25 heavy (non-hydrogen) atoms. The van der Waals surface area contributed by atoms with Crippen molar-refractivity contribution in [3.63, 3.8) is 0 Å². The van der Waals surface area contributed by atoms with Crippen LogP contribution in [0, 0.1) is 5.92 Å². The molecule has 0 saturated carbocycles. The SMILES string of the molecule is CC[C@@H](C)Sc1nnc(NC(=O)[C@H]2CC(=O)N(c3ccccc3)C2)s1. The lowest BCUT2D eigenvalue weighted by Crippen LogP contribution is -2.28. The fourth-order valence-electron chi connectivity index (χ4n) is 2.51. The summed E-state index contributed by atoms with van der Waals surface area (Å²) in [5.74, 6) is -0.582. The fourth-order valence-corrected chi connectivity index (χ4v) is 4.51. The summed E-state index contributed by atoms with van der Waals surface area (Å²) in [4.78, 5) is 26.3. The summed E-state index contributed by atoms with van der Waals surface area (Å²) in [7, 11) is 0. The van der Waals surface area contributed by atoms with Crippen LogP contribution in [0.5, 0.6) is 0 Å². The molecule has 2 atom stereocenters. The first-order chi connectivity index (χ1) is 12.1. The Bertz CT molecular complexity index is 750. The van der Waals surface area contributed by atoms with Gasteiger partial charge in [0.2, 0.25) is 16.9 Å². The third kappa shape index (κ3) is 4.38. The lowest BCUT2D eigenvalue weighted by Gasteiger charge is -2.16. The summed E-state index contributed by atoms with van der Waals surface area (Å²) in [5.41, 5.74) is 0.825. The summed E-state index contributed by atoms with van der Waals surface area (Å²) in [6.45, 7) is 4.64. The maximum atomic E-state index is 12.5. The first kappa shape index (κ1) is 17.9. The molecular formula is C17H20N4O2S2. The predicted octanol–water partition coefficient (Wildman–Crippen LogP) is 3.42. The summed E-state index contributed by atoms with van der Waals surface area (Å²) in [5, 5.41) is 11.9. The molecule has 1 aliphatic heterocycles. The zero-order chi connectivity index (χ0) is 17.8. The normalized spacial score (nSPS) is 18.4. The second-order valence-corrected chi connectivity index (χ2v) is 8.60. The van der Waals surface area contributed by atoms with Crippen LogP contribution in [0.4, 0.5) is 10.8 Å². The van der Waals surface area contributed by atoms with Crippen molar-refractivity contribution in [3.8, 4) is 0 Å². The second kappa shape index (κ2) is 7.97. The molecular weight excluding hydrogens is 356 g/mol. The molecule has 0 bridgehead atoms. The number of rotatable bonds is 6. The molecule has 0 spiro atoms. The Labute approximate surface area is 155 Å². The first-order valence-corrected chi connectivity index (χ1v) is 9.93. The van der Waals surface area contributed by atoms with E-state index in [2.05, 4.69) is 29.4 Å². The molecule has 8 heteroatoms. The molecule has 1 aromatic carbocycles. The Kier molecular flexibility index (Phi) is 5.70. The van der Waals surface area contributed by atoms with E-state index in [1.54, 1.807) is 16.7 Å². The number of anilines is 2. The van der Waals surface area contributed by atoms with Crippen molar-refractivity contribution in [3.05, 3.63) is 30.3 Å². The minimum atomic E-state index is -0.373. The average Bonchev–Trinajstić information content (AvgIpc) is 3.22. The van der Waals surface area contributed by atoms with Crippen LogP contribution in [0.25, 0.3) is 0 Å². The van der Waals surface area contributed by atoms with E-state index in [4.69, 9.17) is 0 Å². The number of benzene rings is 1. The number of aromatic nitrogens is 2. The number of nitrogens with zero attached hydrogens (tertiary/aromatic N) is 3. The van der Waals surface area contributed by atoms with Gasteiger partial charge in [-0.3, -0.25) is 9.59 Å².